The van der Waals surface area contributed by atoms with Gasteiger partial charge in [0.2, 0.25) is 0 Å². The number of pyridine rings is 1. The molecule has 2 heterocycles. The molecule has 0 bridgehead atoms. The standard InChI is InChI=1S/C14H17N5O2/c1-3-4-10-7-9(8-12(15-2)16-10)14(21)17-11-5-6-13(20)19-18-11/h5-8H,3-4H2,1-2H3,(H,15,16)(H,19,20)(H,17,18,21). The topological polar surface area (TPSA) is 99.8 Å². The highest BCUT2D eigenvalue weighted by atomic mass is 16.2. The molecule has 0 fully saturated rings. The molecule has 110 valence electrons. The molecule has 2 aromatic heterocycles. The first kappa shape index (κ1) is 14.7. The number of carbonyl (C=O) groups excluding carboxylic acids is 1. The molecule has 1 amide bonds. The van der Waals surface area contributed by atoms with Gasteiger partial charge in [-0.3, -0.25) is 9.59 Å². The quantitative estimate of drug-likeness (QED) is 0.772. The summed E-state index contributed by atoms with van der Waals surface area (Å²) in [4.78, 5) is 27.5. The number of aromatic amines is 1. The monoisotopic (exact) mass is 287 g/mol. The number of H-pyrrole nitrogens is 1. The molecule has 0 spiro atoms. The van der Waals surface area contributed by atoms with Crippen LogP contribution in [0.3, 0.4) is 0 Å². The molecule has 7 heteroatoms. The van der Waals surface area contributed by atoms with Gasteiger partial charge in [-0.25, -0.2) is 10.1 Å². The number of carbonyl (C=O) groups is 1. The number of aromatic nitrogens is 3. The van der Waals surface area contributed by atoms with Crippen LogP contribution in [0.4, 0.5) is 11.6 Å². The van der Waals surface area contributed by atoms with E-state index >= 15 is 0 Å². The molecule has 0 aliphatic carbocycles. The van der Waals surface area contributed by atoms with Crippen LogP contribution in [0.25, 0.3) is 0 Å². The average molecular weight is 287 g/mol. The van der Waals surface area contributed by atoms with Crippen LogP contribution >= 0.6 is 0 Å². The fourth-order valence-corrected chi connectivity index (χ4v) is 1.83. The first-order chi connectivity index (χ1) is 10.1. The Bertz CT molecular complexity index is 676. The average Bonchev–Trinajstić information content (AvgIpc) is 2.49. The normalized spacial score (nSPS) is 10.2. The molecule has 0 aliphatic rings. The molecule has 2 aromatic rings. The summed E-state index contributed by atoms with van der Waals surface area (Å²) in [6.07, 6.45) is 1.75. The van der Waals surface area contributed by atoms with E-state index in [4.69, 9.17) is 0 Å². The van der Waals surface area contributed by atoms with E-state index in [2.05, 4.69) is 32.7 Å². The zero-order chi connectivity index (χ0) is 15.2. The van der Waals surface area contributed by atoms with Gasteiger partial charge in [0.05, 0.1) is 0 Å². The molecular weight excluding hydrogens is 270 g/mol. The van der Waals surface area contributed by atoms with E-state index in [1.807, 2.05) is 0 Å². The summed E-state index contributed by atoms with van der Waals surface area (Å²) < 4.78 is 0. The molecule has 21 heavy (non-hydrogen) atoms. The van der Waals surface area contributed by atoms with Crippen LogP contribution in [0.2, 0.25) is 0 Å². The van der Waals surface area contributed by atoms with Crippen LogP contribution < -0.4 is 16.2 Å². The summed E-state index contributed by atoms with van der Waals surface area (Å²) in [7, 11) is 1.75. The number of rotatable bonds is 5. The van der Waals surface area contributed by atoms with Gasteiger partial charge in [-0.05, 0) is 24.6 Å². The second-order valence-electron chi connectivity index (χ2n) is 4.49. The van der Waals surface area contributed by atoms with Crippen molar-refractivity contribution in [1.29, 1.82) is 0 Å². The summed E-state index contributed by atoms with van der Waals surface area (Å²) in [6, 6.07) is 6.17. The Morgan fingerprint density at radius 1 is 1.29 bits per heavy atom. The van der Waals surface area contributed by atoms with Crippen LogP contribution in [0.15, 0.2) is 29.1 Å². The van der Waals surface area contributed by atoms with E-state index in [-0.39, 0.29) is 11.5 Å². The van der Waals surface area contributed by atoms with Gasteiger partial charge in [0.1, 0.15) is 5.82 Å². The minimum Gasteiger partial charge on any atom is -0.373 e. The maximum atomic E-state index is 12.2. The van der Waals surface area contributed by atoms with Crippen molar-refractivity contribution >= 4 is 17.5 Å². The van der Waals surface area contributed by atoms with Gasteiger partial charge < -0.3 is 10.6 Å². The summed E-state index contributed by atoms with van der Waals surface area (Å²) >= 11 is 0. The van der Waals surface area contributed by atoms with Crippen LogP contribution in [-0.4, -0.2) is 28.1 Å². The smallest absolute Gasteiger partial charge is 0.264 e. The minimum absolute atomic E-state index is 0.291. The lowest BCUT2D eigenvalue weighted by Crippen LogP contribution is -2.16. The molecule has 0 unspecified atom stereocenters. The predicted octanol–water partition coefficient (Wildman–Crippen LogP) is 1.41. The van der Waals surface area contributed by atoms with Crippen LogP contribution in [-0.2, 0) is 6.42 Å². The van der Waals surface area contributed by atoms with Gasteiger partial charge in [-0.2, -0.15) is 5.10 Å². The van der Waals surface area contributed by atoms with Crippen LogP contribution in [0.1, 0.15) is 29.4 Å². The lowest BCUT2D eigenvalue weighted by molar-refractivity contribution is 0.102. The van der Waals surface area contributed by atoms with Crippen molar-refractivity contribution in [3.63, 3.8) is 0 Å². The molecule has 0 aliphatic heterocycles. The number of nitrogens with zero attached hydrogens (tertiary/aromatic N) is 2. The van der Waals surface area contributed by atoms with Crippen molar-refractivity contribution in [2.75, 3.05) is 17.7 Å². The van der Waals surface area contributed by atoms with E-state index in [0.29, 0.717) is 17.2 Å². The van der Waals surface area contributed by atoms with Gasteiger partial charge >= 0.3 is 0 Å². The molecule has 2 rings (SSSR count). The summed E-state index contributed by atoms with van der Waals surface area (Å²) in [6.45, 7) is 2.05. The van der Waals surface area contributed by atoms with E-state index < -0.39 is 0 Å². The number of amides is 1. The maximum Gasteiger partial charge on any atom is 0.264 e. The Balaban J connectivity index is 2.23. The van der Waals surface area contributed by atoms with E-state index in [1.165, 1.54) is 12.1 Å². The second kappa shape index (κ2) is 6.65. The first-order valence-electron chi connectivity index (χ1n) is 6.68. The highest BCUT2D eigenvalue weighted by Gasteiger charge is 2.10. The van der Waals surface area contributed by atoms with E-state index in [1.54, 1.807) is 19.2 Å². The Hall–Kier alpha value is -2.70. The molecule has 0 saturated heterocycles. The van der Waals surface area contributed by atoms with E-state index in [9.17, 15) is 9.59 Å². The van der Waals surface area contributed by atoms with Crippen molar-refractivity contribution in [3.8, 4) is 0 Å². The summed E-state index contributed by atoms with van der Waals surface area (Å²) in [5.41, 5.74) is 1.02. The van der Waals surface area contributed by atoms with Crippen molar-refractivity contribution in [2.24, 2.45) is 0 Å². The third-order valence-electron chi connectivity index (χ3n) is 2.82. The minimum atomic E-state index is -0.320. The van der Waals surface area contributed by atoms with Gasteiger partial charge in [-0.1, -0.05) is 13.3 Å². The van der Waals surface area contributed by atoms with Gasteiger partial charge in [-0.15, -0.1) is 0 Å². The van der Waals surface area contributed by atoms with Crippen LogP contribution in [0.5, 0.6) is 0 Å². The van der Waals surface area contributed by atoms with Crippen LogP contribution in [0, 0.1) is 0 Å². The number of hydrogen-bond donors (Lipinski definition) is 3. The third kappa shape index (κ3) is 3.88. The van der Waals surface area contributed by atoms with Gasteiger partial charge in [0, 0.05) is 24.4 Å². The lowest BCUT2D eigenvalue weighted by Gasteiger charge is -2.08. The van der Waals surface area contributed by atoms with Crippen molar-refractivity contribution in [1.82, 2.24) is 15.2 Å². The fraction of sp³-hybridized carbons (Fsp3) is 0.286. The summed E-state index contributed by atoms with van der Waals surface area (Å²) in [5.74, 6) is 0.630. The van der Waals surface area contributed by atoms with Gasteiger partial charge in [0.25, 0.3) is 11.5 Å². The highest BCUT2D eigenvalue weighted by Crippen LogP contribution is 2.13. The zero-order valence-corrected chi connectivity index (χ0v) is 11.9. The molecule has 0 aromatic carbocycles. The molecule has 7 nitrogen and oxygen atoms in total. The third-order valence-corrected chi connectivity index (χ3v) is 2.82. The summed E-state index contributed by atoms with van der Waals surface area (Å²) in [5, 5.41) is 11.6. The Labute approximate surface area is 121 Å². The number of hydrogen-bond acceptors (Lipinski definition) is 5. The number of anilines is 2. The first-order valence-corrected chi connectivity index (χ1v) is 6.68. The van der Waals surface area contributed by atoms with Crippen molar-refractivity contribution in [3.05, 3.63) is 45.9 Å². The SMILES string of the molecule is CCCc1cc(C(=O)Nc2ccc(=O)[nH]n2)cc(NC)n1. The molecule has 0 saturated carbocycles. The molecule has 0 radical (unpaired) electrons. The Morgan fingerprint density at radius 3 is 2.71 bits per heavy atom. The second-order valence-corrected chi connectivity index (χ2v) is 4.49. The molecule has 0 atom stereocenters. The lowest BCUT2D eigenvalue weighted by atomic mass is 10.1. The Morgan fingerprint density at radius 2 is 2.10 bits per heavy atom. The zero-order valence-electron chi connectivity index (χ0n) is 11.9. The number of nitrogens with one attached hydrogen (secondary N) is 3. The molecule has 3 N–H and O–H groups in total. The largest absolute Gasteiger partial charge is 0.373 e. The maximum absolute atomic E-state index is 12.2. The van der Waals surface area contributed by atoms with Crippen molar-refractivity contribution < 1.29 is 4.79 Å². The number of aryl methyl sites for hydroxylation is 1. The highest BCUT2D eigenvalue weighted by molar-refractivity contribution is 6.04. The Kier molecular flexibility index (Phi) is 4.65. The van der Waals surface area contributed by atoms with Crippen molar-refractivity contribution in [2.45, 2.75) is 19.8 Å². The van der Waals surface area contributed by atoms with E-state index in [0.717, 1.165) is 18.5 Å². The fourth-order valence-electron chi connectivity index (χ4n) is 1.83. The van der Waals surface area contributed by atoms with Gasteiger partial charge in [0.15, 0.2) is 5.82 Å². The molecular formula is C14H17N5O2. The predicted molar refractivity (Wildman–Crippen MR) is 80.6 cm³/mol.